The summed E-state index contributed by atoms with van der Waals surface area (Å²) in [5.74, 6) is 0. The number of aromatic amines is 2. The molecule has 266 valence electrons. The van der Waals surface area contributed by atoms with E-state index in [9.17, 15) is 0 Å². The summed E-state index contributed by atoms with van der Waals surface area (Å²) in [5, 5.41) is 0. The van der Waals surface area contributed by atoms with Gasteiger partial charge >= 0.3 is 0 Å². The van der Waals surface area contributed by atoms with Gasteiger partial charge < -0.3 is 19.8 Å². The van der Waals surface area contributed by atoms with Crippen LogP contribution in [0.4, 0.5) is 34.1 Å². The number of nitrogens with zero attached hydrogens (tertiary/aromatic N) is 2. The molecule has 0 fully saturated rings. The van der Waals surface area contributed by atoms with Gasteiger partial charge in [-0.15, -0.1) is 0 Å². The number of aromatic nitrogens is 2. The van der Waals surface area contributed by atoms with Crippen LogP contribution in [0, 0.1) is 41.5 Å². The second-order valence-electron chi connectivity index (χ2n) is 14.3. The maximum absolute atomic E-state index is 3.58. The van der Waals surface area contributed by atoms with E-state index in [4.69, 9.17) is 0 Å². The molecular formula is C50H46N4. The number of hydrogen-bond acceptors (Lipinski definition) is 2. The fourth-order valence-corrected chi connectivity index (χ4v) is 7.47. The third kappa shape index (κ3) is 6.52. The van der Waals surface area contributed by atoms with Gasteiger partial charge in [-0.2, -0.15) is 0 Å². The lowest BCUT2D eigenvalue weighted by Gasteiger charge is -2.26. The Morgan fingerprint density at radius 3 is 0.796 bits per heavy atom. The van der Waals surface area contributed by atoms with Crippen LogP contribution >= 0.6 is 0 Å². The smallest absolute Gasteiger partial charge is 0.0488 e. The first-order valence-electron chi connectivity index (χ1n) is 18.7. The molecule has 0 saturated carbocycles. The van der Waals surface area contributed by atoms with E-state index in [2.05, 4.69) is 219 Å². The molecule has 2 heterocycles. The maximum Gasteiger partial charge on any atom is 0.0488 e. The number of rotatable bonds is 9. The van der Waals surface area contributed by atoms with Crippen molar-refractivity contribution < 1.29 is 0 Å². The molecule has 0 aliphatic heterocycles. The molecule has 0 radical (unpaired) electrons. The van der Waals surface area contributed by atoms with Gasteiger partial charge in [-0.1, -0.05) is 84.9 Å². The van der Waals surface area contributed by atoms with E-state index >= 15 is 0 Å². The van der Waals surface area contributed by atoms with Gasteiger partial charge in [0.15, 0.2) is 0 Å². The molecule has 6 aromatic carbocycles. The van der Waals surface area contributed by atoms with Crippen molar-refractivity contribution in [1.82, 2.24) is 9.97 Å². The quantitative estimate of drug-likeness (QED) is 0.157. The Hall–Kier alpha value is -6.52. The van der Waals surface area contributed by atoms with Gasteiger partial charge in [-0.25, -0.2) is 0 Å². The number of aryl methyl sites for hydroxylation is 2. The molecule has 0 atom stereocenters. The Balaban J connectivity index is 1.08. The van der Waals surface area contributed by atoms with Crippen LogP contribution in [0.3, 0.4) is 0 Å². The Morgan fingerprint density at radius 1 is 0.278 bits per heavy atom. The van der Waals surface area contributed by atoms with E-state index in [0.29, 0.717) is 0 Å². The monoisotopic (exact) mass is 702 g/mol. The lowest BCUT2D eigenvalue weighted by molar-refractivity contribution is 1.23. The zero-order valence-corrected chi connectivity index (χ0v) is 31.9. The summed E-state index contributed by atoms with van der Waals surface area (Å²) < 4.78 is 0. The summed E-state index contributed by atoms with van der Waals surface area (Å²) in [4.78, 5) is 11.8. The first-order chi connectivity index (χ1) is 26.3. The van der Waals surface area contributed by atoms with Crippen molar-refractivity contribution in [1.29, 1.82) is 0 Å². The molecular weight excluding hydrogens is 657 g/mol. The van der Waals surface area contributed by atoms with E-state index in [-0.39, 0.29) is 0 Å². The van der Waals surface area contributed by atoms with Crippen molar-refractivity contribution in [3.63, 3.8) is 0 Å². The molecule has 0 bridgehead atoms. The van der Waals surface area contributed by atoms with Crippen LogP contribution in [-0.2, 0) is 0 Å². The molecule has 0 aliphatic carbocycles. The van der Waals surface area contributed by atoms with Crippen molar-refractivity contribution in [2.75, 3.05) is 9.80 Å². The van der Waals surface area contributed by atoms with Gasteiger partial charge in [0.25, 0.3) is 0 Å². The Labute approximate surface area is 319 Å². The summed E-state index contributed by atoms with van der Waals surface area (Å²) in [6.45, 7) is 13.0. The van der Waals surface area contributed by atoms with Crippen LogP contribution in [0.15, 0.2) is 158 Å². The third-order valence-corrected chi connectivity index (χ3v) is 11.1. The first kappa shape index (κ1) is 34.6. The molecule has 4 nitrogen and oxygen atoms in total. The Kier molecular flexibility index (Phi) is 9.27. The van der Waals surface area contributed by atoms with Crippen molar-refractivity contribution >= 4 is 34.1 Å². The average molecular weight is 703 g/mol. The first-order valence-corrected chi connectivity index (χ1v) is 18.7. The molecule has 2 N–H and O–H groups in total. The van der Waals surface area contributed by atoms with Crippen LogP contribution in [0.1, 0.15) is 33.6 Å². The van der Waals surface area contributed by atoms with Gasteiger partial charge in [-0.3, -0.25) is 0 Å². The van der Waals surface area contributed by atoms with Gasteiger partial charge in [0.2, 0.25) is 0 Å². The standard InChI is InChI=1S/C50H46N4/c1-33-35(3)49(51-37(33)5)41-21-29-47(30-22-41)53(43-13-9-7-10-14-43)45-25-17-39(18-26-45)40-19-27-46(28-20-40)54(44-15-11-8-12-16-44)48-31-23-42(24-32-48)50-36(4)34(2)38(6)52-50/h7-32,51-52H,1-6H3. The summed E-state index contributed by atoms with van der Waals surface area (Å²) >= 11 is 0. The summed E-state index contributed by atoms with van der Waals surface area (Å²) in [5.41, 5.74) is 21.5. The minimum Gasteiger partial charge on any atom is -0.358 e. The van der Waals surface area contributed by atoms with E-state index < -0.39 is 0 Å². The topological polar surface area (TPSA) is 38.1 Å². The highest BCUT2D eigenvalue weighted by molar-refractivity contribution is 5.82. The van der Waals surface area contributed by atoms with Crippen LogP contribution in [0.2, 0.25) is 0 Å². The normalized spacial score (nSPS) is 11.1. The average Bonchev–Trinajstić information content (AvgIpc) is 3.63. The Bertz CT molecular complexity index is 2320. The van der Waals surface area contributed by atoms with E-state index in [1.54, 1.807) is 0 Å². The fourth-order valence-electron chi connectivity index (χ4n) is 7.47. The fraction of sp³-hybridized carbons (Fsp3) is 0.120. The van der Waals surface area contributed by atoms with Gasteiger partial charge in [-0.05, 0) is 159 Å². The number of anilines is 6. The largest absolute Gasteiger partial charge is 0.358 e. The molecule has 0 amide bonds. The number of benzene rings is 6. The third-order valence-electron chi connectivity index (χ3n) is 11.1. The molecule has 8 rings (SSSR count). The lowest BCUT2D eigenvalue weighted by atomic mass is 10.0. The lowest BCUT2D eigenvalue weighted by Crippen LogP contribution is -2.10. The molecule has 0 saturated heterocycles. The molecule has 0 unspecified atom stereocenters. The zero-order chi connectivity index (χ0) is 37.3. The van der Waals surface area contributed by atoms with Crippen molar-refractivity contribution in [3.8, 4) is 33.6 Å². The van der Waals surface area contributed by atoms with Gasteiger partial charge in [0, 0.05) is 56.9 Å². The zero-order valence-electron chi connectivity index (χ0n) is 31.9. The SMILES string of the molecule is Cc1[nH]c(-c2ccc(N(c3ccccc3)c3ccc(-c4ccc(N(c5ccccc5)c5ccc(-c6[nH]c(C)c(C)c6C)cc5)cc4)cc3)cc2)c(C)c1C. The predicted molar refractivity (Wildman–Crippen MR) is 229 cm³/mol. The molecule has 0 spiro atoms. The van der Waals surface area contributed by atoms with Gasteiger partial charge in [0.05, 0.1) is 0 Å². The second-order valence-corrected chi connectivity index (χ2v) is 14.3. The van der Waals surface area contributed by atoms with Crippen molar-refractivity contribution in [2.45, 2.75) is 41.5 Å². The molecule has 0 aliphatic rings. The number of nitrogens with one attached hydrogen (secondary N) is 2. The minimum absolute atomic E-state index is 1.11. The van der Waals surface area contributed by atoms with Crippen LogP contribution in [0.25, 0.3) is 33.6 Å². The maximum atomic E-state index is 3.58. The van der Waals surface area contributed by atoms with Crippen LogP contribution < -0.4 is 9.80 Å². The van der Waals surface area contributed by atoms with Crippen molar-refractivity contribution in [3.05, 3.63) is 191 Å². The number of hydrogen-bond donors (Lipinski definition) is 2. The second kappa shape index (κ2) is 14.5. The molecule has 54 heavy (non-hydrogen) atoms. The minimum atomic E-state index is 1.11. The number of para-hydroxylation sites is 2. The van der Waals surface area contributed by atoms with E-state index in [1.807, 2.05) is 0 Å². The van der Waals surface area contributed by atoms with Crippen LogP contribution in [-0.4, -0.2) is 9.97 Å². The summed E-state index contributed by atoms with van der Waals surface area (Å²) in [7, 11) is 0. The highest BCUT2D eigenvalue weighted by Gasteiger charge is 2.17. The molecule has 8 aromatic rings. The Morgan fingerprint density at radius 2 is 0.537 bits per heavy atom. The predicted octanol–water partition coefficient (Wildman–Crippen LogP) is 14.1. The molecule has 4 heteroatoms. The van der Waals surface area contributed by atoms with Gasteiger partial charge in [0.1, 0.15) is 0 Å². The summed E-state index contributed by atoms with van der Waals surface area (Å²) in [6.07, 6.45) is 0. The summed E-state index contributed by atoms with van der Waals surface area (Å²) in [6, 6.07) is 56.7. The van der Waals surface area contributed by atoms with E-state index in [0.717, 1.165) is 34.1 Å². The van der Waals surface area contributed by atoms with Crippen molar-refractivity contribution in [2.24, 2.45) is 0 Å². The highest BCUT2D eigenvalue weighted by atomic mass is 15.1. The number of H-pyrrole nitrogens is 2. The van der Waals surface area contributed by atoms with Crippen LogP contribution in [0.5, 0.6) is 0 Å². The van der Waals surface area contributed by atoms with E-state index in [1.165, 1.54) is 67.3 Å². The highest BCUT2D eigenvalue weighted by Crippen LogP contribution is 2.39. The molecule has 2 aromatic heterocycles.